The van der Waals surface area contributed by atoms with E-state index in [-0.39, 0.29) is 18.0 Å². The number of rotatable bonds is 20. The molecule has 24 rings (SSSR count). The number of pyridine rings is 1. The van der Waals surface area contributed by atoms with E-state index in [1.54, 1.807) is 41.9 Å². The third-order valence-corrected chi connectivity index (χ3v) is 29.4. The van der Waals surface area contributed by atoms with Crippen molar-refractivity contribution in [2.45, 2.75) is 90.5 Å². The minimum absolute atomic E-state index is 0.00499. The number of ether oxygens (including phenoxy) is 4. The van der Waals surface area contributed by atoms with Crippen LogP contribution in [0.4, 0.5) is 27.7 Å². The molecule has 0 bridgehead atoms. The zero-order valence-electron chi connectivity index (χ0n) is 77.4. The van der Waals surface area contributed by atoms with E-state index in [0.717, 1.165) is 306 Å². The molecule has 5 aromatic carbocycles. The summed E-state index contributed by atoms with van der Waals surface area (Å²) >= 11 is 1.77. The molecule has 8 fully saturated rings. The van der Waals surface area contributed by atoms with Crippen LogP contribution in [0.15, 0.2) is 140 Å². The number of nitrogens with zero attached hydrogens (tertiary/aromatic N) is 21. The number of hydrogen-bond acceptors (Lipinski definition) is 27. The van der Waals surface area contributed by atoms with Gasteiger partial charge in [0.05, 0.1) is 77.2 Å². The highest BCUT2D eigenvalue weighted by molar-refractivity contribution is 7.19. The molecule has 15 heterocycles. The first-order valence-corrected chi connectivity index (χ1v) is 49.1. The van der Waals surface area contributed by atoms with Crippen LogP contribution in [0.2, 0.25) is 0 Å². The molecule has 8 saturated heterocycles. The van der Waals surface area contributed by atoms with Gasteiger partial charge in [0, 0.05) is 188 Å². The quantitative estimate of drug-likeness (QED) is 0.0697. The number of aryl methyl sites for hydroxylation is 2. The van der Waals surface area contributed by atoms with Crippen LogP contribution in [0.25, 0.3) is 102 Å². The number of ketones is 1. The lowest BCUT2D eigenvalue weighted by Gasteiger charge is -2.34. The normalized spacial score (nSPS) is 19.6. The first kappa shape index (κ1) is 89.1. The fraction of sp³-hybridized carbons (Fsp3) is 0.429. The largest absolute Gasteiger partial charge is 0.378 e. The number of likely N-dealkylation sites (N-methyl/N-ethyl adjacent to an activating group) is 1. The molecule has 12 aromatic rings. The number of nitrogens with one attached hydrogen (secondary N) is 1. The molecule has 7 aromatic heterocycles. The first-order chi connectivity index (χ1) is 65.8. The van der Waals surface area contributed by atoms with Gasteiger partial charge >= 0.3 is 0 Å². The standard InChI is InChI=1S/C28H37N7O.C27H31N5O.C25H23FN4O2.C25H28N6OS/c1-4-35-24(19-33-13-11-21(12-14-33)32(2)3)29-25-27(34-15-17-36-18-16-34)30-26(31-28(25)35)23-10-6-8-20-7-5-9-22(20)23;1-30-10-12-31(13-11-30)19-20-8-9-25-24(18-20)27(32-14-16-33-17-15-32)29-26(28-25)23-7-3-5-21-4-2-6-22(21)23;26-19-13-17-3-1-5-20(17)21(14-19)22-15-25(30-9-11-32-12-10-30)29-24(28-22)7-6-23(31)18-4-2-8-27-16-18;1-3-16-4-2-6-20(19(16)5-1)23-28-24-22(25(29-23)31-7-9-32-10-8-31)33-21(27-24)15-30-13-17-11-26-12-18(17)14-30/h5-6,8-10,21H,4,7,11-19H2,1-3H3;2-3,5-9,18H,4,10-17,19H2,1H3;1-2,4-5,8,13-16H,3,6-7,9-12H2;1-2,4-6,17-18,26H,3,7-15H2. The number of likely N-dealkylation sites (tertiary alicyclic amines) is 2. The number of Topliss-reactive ketones (excluding diaryl/α,β-unsaturated/α-hetero) is 1. The summed E-state index contributed by atoms with van der Waals surface area (Å²) in [5, 5.41) is 5.83. The van der Waals surface area contributed by atoms with E-state index in [2.05, 4.69) is 196 Å². The smallest absolute Gasteiger partial charge is 0.176 e. The van der Waals surface area contributed by atoms with Crippen molar-refractivity contribution in [2.24, 2.45) is 11.8 Å². The summed E-state index contributed by atoms with van der Waals surface area (Å²) in [5.74, 6) is 9.14. The number of halogens is 1. The third-order valence-electron chi connectivity index (χ3n) is 28.4. The minimum Gasteiger partial charge on any atom is -0.378 e. The van der Waals surface area contributed by atoms with Gasteiger partial charge in [-0.1, -0.05) is 109 Å². The average molecular weight is 1820 g/mol. The Balaban J connectivity index is 0.000000107. The number of piperidine rings is 1. The molecule has 134 heavy (non-hydrogen) atoms. The SMILES string of the molecule is C1=Cc2c(cccc2-c2nc(N3CCOCC3)c3sc(CN4CC5CNCC5C4)nc3n2)C1.CCn1c(CN2CCC(N(C)C)CC2)nc2c(N3CCOCC3)nc(-c3cccc4c3C=CC4)nc21.CN1CCN(Cc2ccc3nc(-c4cccc5c4C=CC5)nc(N4CCOCC4)c3c2)CC1.O=C(CCc1nc(-c2cc(F)cc3c2C=CC3)cc(N2CCOCC2)n1)c1cccnc1. The number of benzene rings is 5. The maximum atomic E-state index is 14.4. The molecule has 2 unspecified atom stereocenters. The molecule has 692 valence electrons. The molecule has 27 nitrogen and oxygen atoms in total. The number of carbonyl (C=O) groups excluding carboxylic acids is 1. The zero-order valence-corrected chi connectivity index (χ0v) is 78.2. The van der Waals surface area contributed by atoms with Crippen LogP contribution in [-0.4, -0.2) is 288 Å². The van der Waals surface area contributed by atoms with Gasteiger partial charge in [0.2, 0.25) is 0 Å². The van der Waals surface area contributed by atoms with E-state index in [4.69, 9.17) is 68.8 Å². The molecule has 12 aliphatic rings. The highest BCUT2D eigenvalue weighted by Gasteiger charge is 2.38. The molecule has 4 aliphatic carbocycles. The number of anilines is 4. The lowest BCUT2D eigenvalue weighted by atomic mass is 10.00. The van der Waals surface area contributed by atoms with Gasteiger partial charge in [-0.25, -0.2) is 54.2 Å². The first-order valence-electron chi connectivity index (χ1n) is 48.3. The van der Waals surface area contributed by atoms with E-state index < -0.39 is 0 Å². The lowest BCUT2D eigenvalue weighted by molar-refractivity contribution is 0.0981. The van der Waals surface area contributed by atoms with E-state index in [1.165, 1.54) is 70.9 Å². The van der Waals surface area contributed by atoms with Gasteiger partial charge < -0.3 is 58.2 Å². The molecule has 2 atom stereocenters. The number of fused-ring (bicyclic) bond motifs is 8. The molecule has 8 aliphatic heterocycles. The van der Waals surface area contributed by atoms with Crippen molar-refractivity contribution < 1.29 is 28.1 Å². The second kappa shape index (κ2) is 40.6. The Kier molecular flexibility index (Phi) is 27.0. The zero-order chi connectivity index (χ0) is 90.5. The van der Waals surface area contributed by atoms with E-state index in [9.17, 15) is 9.18 Å². The Bertz CT molecular complexity index is 6390. The van der Waals surface area contributed by atoms with Gasteiger partial charge in [0.1, 0.15) is 38.8 Å². The average Bonchev–Trinajstić information content (AvgIpc) is 1.32. The monoisotopic (exact) mass is 1820 g/mol. The number of morpholine rings is 4. The second-order valence-electron chi connectivity index (χ2n) is 37.3. The molecule has 0 spiro atoms. The number of allylic oxidation sites excluding steroid dienone is 4. The Morgan fingerprint density at radius 3 is 1.68 bits per heavy atom. The van der Waals surface area contributed by atoms with Gasteiger partial charge in [-0.2, -0.15) is 0 Å². The summed E-state index contributed by atoms with van der Waals surface area (Å²) in [6.07, 6.45) is 27.3. The van der Waals surface area contributed by atoms with E-state index >= 15 is 0 Å². The number of aromatic nitrogens is 12. The van der Waals surface area contributed by atoms with Crippen molar-refractivity contribution in [1.82, 2.24) is 89.2 Å². The summed E-state index contributed by atoms with van der Waals surface area (Å²) in [5.41, 5.74) is 20.1. The Labute approximate surface area is 786 Å². The van der Waals surface area contributed by atoms with Gasteiger partial charge in [-0.15, -0.1) is 11.3 Å². The minimum atomic E-state index is -0.276. The Hall–Kier alpha value is -11.5. The second-order valence-corrected chi connectivity index (χ2v) is 38.4. The Morgan fingerprint density at radius 1 is 0.515 bits per heavy atom. The fourth-order valence-corrected chi connectivity index (χ4v) is 22.0. The van der Waals surface area contributed by atoms with E-state index in [1.807, 2.05) is 18.2 Å². The van der Waals surface area contributed by atoms with Crippen molar-refractivity contribution in [3.05, 3.63) is 218 Å². The van der Waals surface area contributed by atoms with Crippen molar-refractivity contribution >= 4 is 97.1 Å². The van der Waals surface area contributed by atoms with Crippen molar-refractivity contribution in [3.63, 3.8) is 0 Å². The van der Waals surface area contributed by atoms with E-state index in [0.29, 0.717) is 62.4 Å². The van der Waals surface area contributed by atoms with Crippen LogP contribution >= 0.6 is 11.3 Å². The Morgan fingerprint density at radius 2 is 1.07 bits per heavy atom. The predicted molar refractivity (Wildman–Crippen MR) is 529 cm³/mol. The summed E-state index contributed by atoms with van der Waals surface area (Å²) in [6, 6.07) is 35.4. The van der Waals surface area contributed by atoms with Crippen LogP contribution in [0, 0.1) is 17.7 Å². The maximum Gasteiger partial charge on any atom is 0.176 e. The van der Waals surface area contributed by atoms with Gasteiger partial charge in [-0.05, 0) is 178 Å². The van der Waals surface area contributed by atoms with Crippen LogP contribution in [0.1, 0.15) is 103 Å². The maximum absolute atomic E-state index is 14.4. The number of piperazine rings is 1. The van der Waals surface area contributed by atoms with Crippen LogP contribution in [0.5, 0.6) is 0 Å². The van der Waals surface area contributed by atoms with Crippen LogP contribution in [-0.2, 0) is 77.2 Å². The molecule has 1 N–H and O–H groups in total. The number of carbonyl (C=O) groups is 1. The molecule has 0 saturated carbocycles. The van der Waals surface area contributed by atoms with Crippen LogP contribution < -0.4 is 24.9 Å². The number of imidazole rings is 1. The topological polar surface area (TPSA) is 242 Å². The predicted octanol–water partition coefficient (Wildman–Crippen LogP) is 13.6. The van der Waals surface area contributed by atoms with Crippen molar-refractivity contribution in [1.29, 1.82) is 0 Å². The summed E-state index contributed by atoms with van der Waals surface area (Å²) in [7, 11) is 6.59. The lowest BCUT2D eigenvalue weighted by Crippen LogP contribution is -2.43. The van der Waals surface area contributed by atoms with Crippen molar-refractivity contribution in [2.75, 3.05) is 211 Å². The molecule has 0 amide bonds. The molecular formula is C105H119FN22O5S. The van der Waals surface area contributed by atoms with Gasteiger partial charge in [0.15, 0.2) is 51.7 Å². The third kappa shape index (κ3) is 19.6. The highest BCUT2D eigenvalue weighted by atomic mass is 32.1. The number of hydrogen-bond donors (Lipinski definition) is 1. The van der Waals surface area contributed by atoms with Crippen LogP contribution in [0.3, 0.4) is 0 Å². The molecular weight excluding hydrogens is 1700 g/mol. The number of thiazole rings is 1. The molecule has 0 radical (unpaired) electrons. The summed E-state index contributed by atoms with van der Waals surface area (Å²) in [4.78, 5) is 88.7. The highest BCUT2D eigenvalue weighted by Crippen LogP contribution is 2.42. The van der Waals surface area contributed by atoms with Gasteiger partial charge in [-0.3, -0.25) is 24.5 Å². The van der Waals surface area contributed by atoms with Gasteiger partial charge in [0.25, 0.3) is 0 Å². The van der Waals surface area contributed by atoms with Crippen molar-refractivity contribution in [3.8, 4) is 45.4 Å². The summed E-state index contributed by atoms with van der Waals surface area (Å²) < 4.78 is 40.2. The summed E-state index contributed by atoms with van der Waals surface area (Å²) in [6.45, 7) is 29.3. The fourth-order valence-electron chi connectivity index (χ4n) is 21.0. The molecule has 29 heteroatoms.